The van der Waals surface area contributed by atoms with Crippen molar-refractivity contribution in [2.75, 3.05) is 18.0 Å². The second-order valence-electron chi connectivity index (χ2n) is 5.83. The van der Waals surface area contributed by atoms with E-state index >= 15 is 0 Å². The zero-order valence-corrected chi connectivity index (χ0v) is 15.1. The molecule has 0 aliphatic rings. The molecule has 0 atom stereocenters. The molecular formula is C19H24N4O2. The molecule has 0 bridgehead atoms. The number of aryl methyl sites for hydroxylation is 2. The summed E-state index contributed by atoms with van der Waals surface area (Å²) in [5.41, 5.74) is 7.98. The Morgan fingerprint density at radius 1 is 1.20 bits per heavy atom. The highest BCUT2D eigenvalue weighted by atomic mass is 16.2. The van der Waals surface area contributed by atoms with Gasteiger partial charge in [-0.15, -0.1) is 0 Å². The molecule has 1 amide bonds. The van der Waals surface area contributed by atoms with Crippen LogP contribution in [0.3, 0.4) is 0 Å². The number of hydrogen-bond donors (Lipinski definition) is 1. The molecule has 25 heavy (non-hydrogen) atoms. The molecule has 6 nitrogen and oxygen atoms in total. The first kappa shape index (κ1) is 18.4. The van der Waals surface area contributed by atoms with Crippen LogP contribution in [0.1, 0.15) is 41.0 Å². The van der Waals surface area contributed by atoms with Crippen LogP contribution in [0.15, 0.2) is 40.2 Å². The van der Waals surface area contributed by atoms with Crippen LogP contribution in [0.25, 0.3) is 0 Å². The summed E-state index contributed by atoms with van der Waals surface area (Å²) in [6.45, 7) is 9.56. The lowest BCUT2D eigenvalue weighted by Gasteiger charge is -2.20. The van der Waals surface area contributed by atoms with Crippen LogP contribution in [0, 0.1) is 13.8 Å². The maximum Gasteiger partial charge on any atom is 0.284 e. The van der Waals surface area contributed by atoms with E-state index in [0.717, 1.165) is 24.3 Å². The van der Waals surface area contributed by atoms with Crippen molar-refractivity contribution in [2.24, 2.45) is 10.8 Å². The van der Waals surface area contributed by atoms with Gasteiger partial charge in [0.15, 0.2) is 0 Å². The maximum absolute atomic E-state index is 12.4. The zero-order valence-electron chi connectivity index (χ0n) is 15.1. The van der Waals surface area contributed by atoms with Crippen LogP contribution in [0.2, 0.25) is 0 Å². The van der Waals surface area contributed by atoms with E-state index in [-0.39, 0.29) is 5.56 Å². The van der Waals surface area contributed by atoms with Crippen molar-refractivity contribution in [1.82, 2.24) is 4.68 Å². The predicted octanol–water partition coefficient (Wildman–Crippen LogP) is 2.29. The molecule has 2 aromatic rings. The largest absolute Gasteiger partial charge is 0.372 e. The van der Waals surface area contributed by atoms with Gasteiger partial charge in [-0.25, -0.2) is 4.68 Å². The van der Waals surface area contributed by atoms with Crippen molar-refractivity contribution in [3.63, 3.8) is 0 Å². The Morgan fingerprint density at radius 2 is 1.80 bits per heavy atom. The molecule has 0 aliphatic carbocycles. The van der Waals surface area contributed by atoms with Crippen molar-refractivity contribution in [1.29, 1.82) is 0 Å². The molecule has 0 spiro atoms. The summed E-state index contributed by atoms with van der Waals surface area (Å²) in [5, 5.41) is 4.23. The summed E-state index contributed by atoms with van der Waals surface area (Å²) >= 11 is 0. The normalized spacial score (nSPS) is 11.0. The number of anilines is 1. The van der Waals surface area contributed by atoms with Crippen molar-refractivity contribution in [2.45, 2.75) is 27.7 Å². The average Bonchev–Trinajstić information content (AvgIpc) is 2.56. The summed E-state index contributed by atoms with van der Waals surface area (Å²) in [6.07, 6.45) is 1.60. The van der Waals surface area contributed by atoms with Gasteiger partial charge in [-0.05, 0) is 57.0 Å². The lowest BCUT2D eigenvalue weighted by Crippen LogP contribution is -2.30. The zero-order chi connectivity index (χ0) is 18.6. The number of pyridine rings is 1. The average molecular weight is 340 g/mol. The molecule has 2 rings (SSSR count). The Labute approximate surface area is 147 Å². The quantitative estimate of drug-likeness (QED) is 0.819. The standard InChI is InChI=1S/C19H24N4O2/c1-5-22(6-2)16-9-7-15(8-10-16)12-21-23-14(4)11-13(3)17(18(20)24)19(23)25/h7-12H,5-6H2,1-4H3,(H2,20,24). The fraction of sp³-hybridized carbons (Fsp3) is 0.316. The monoisotopic (exact) mass is 340 g/mol. The topological polar surface area (TPSA) is 80.7 Å². The van der Waals surface area contributed by atoms with Gasteiger partial charge in [0.25, 0.3) is 11.5 Å². The molecule has 1 aromatic heterocycles. The molecule has 0 fully saturated rings. The van der Waals surface area contributed by atoms with E-state index in [0.29, 0.717) is 11.3 Å². The molecule has 6 heteroatoms. The van der Waals surface area contributed by atoms with Gasteiger partial charge in [-0.2, -0.15) is 5.10 Å². The number of carbonyl (C=O) groups is 1. The Kier molecular flexibility index (Phi) is 5.75. The number of hydrogen-bond acceptors (Lipinski definition) is 4. The Balaban J connectivity index is 2.35. The van der Waals surface area contributed by atoms with Crippen LogP contribution in [0.5, 0.6) is 0 Å². The smallest absolute Gasteiger partial charge is 0.284 e. The molecule has 1 heterocycles. The van der Waals surface area contributed by atoms with E-state index in [1.54, 1.807) is 26.1 Å². The molecule has 0 saturated carbocycles. The number of rotatable bonds is 6. The summed E-state index contributed by atoms with van der Waals surface area (Å²) in [4.78, 5) is 26.2. The molecular weight excluding hydrogens is 316 g/mol. The number of nitrogens with two attached hydrogens (primary N) is 1. The van der Waals surface area contributed by atoms with E-state index in [2.05, 4.69) is 23.8 Å². The lowest BCUT2D eigenvalue weighted by atomic mass is 10.1. The van der Waals surface area contributed by atoms with E-state index in [4.69, 9.17) is 5.73 Å². The molecule has 0 aliphatic heterocycles. The van der Waals surface area contributed by atoms with Gasteiger partial charge in [-0.1, -0.05) is 12.1 Å². The first-order valence-electron chi connectivity index (χ1n) is 8.31. The molecule has 2 N–H and O–H groups in total. The van der Waals surface area contributed by atoms with Gasteiger partial charge < -0.3 is 10.6 Å². The highest BCUT2D eigenvalue weighted by molar-refractivity contribution is 5.93. The van der Waals surface area contributed by atoms with Gasteiger partial charge in [0.1, 0.15) is 5.56 Å². The Bertz CT molecular complexity index is 847. The van der Waals surface area contributed by atoms with E-state index in [9.17, 15) is 9.59 Å². The Hall–Kier alpha value is -2.89. The van der Waals surface area contributed by atoms with Crippen molar-refractivity contribution >= 4 is 17.8 Å². The molecule has 0 radical (unpaired) electrons. The predicted molar refractivity (Wildman–Crippen MR) is 102 cm³/mol. The first-order chi connectivity index (χ1) is 11.9. The minimum atomic E-state index is -0.741. The van der Waals surface area contributed by atoms with Crippen LogP contribution in [0.4, 0.5) is 5.69 Å². The number of aromatic nitrogens is 1. The summed E-state index contributed by atoms with van der Waals surface area (Å²) < 4.78 is 1.20. The minimum absolute atomic E-state index is 0.0281. The number of primary amides is 1. The third-order valence-corrected chi connectivity index (χ3v) is 4.15. The fourth-order valence-electron chi connectivity index (χ4n) is 2.81. The van der Waals surface area contributed by atoms with Gasteiger partial charge >= 0.3 is 0 Å². The van der Waals surface area contributed by atoms with E-state index in [1.165, 1.54) is 4.68 Å². The van der Waals surface area contributed by atoms with Crippen LogP contribution < -0.4 is 16.2 Å². The maximum atomic E-state index is 12.4. The van der Waals surface area contributed by atoms with Gasteiger partial charge in [0, 0.05) is 24.5 Å². The van der Waals surface area contributed by atoms with Gasteiger partial charge in [0.05, 0.1) is 6.21 Å². The first-order valence-corrected chi connectivity index (χ1v) is 8.31. The van der Waals surface area contributed by atoms with Crippen molar-refractivity contribution < 1.29 is 4.79 Å². The van der Waals surface area contributed by atoms with Crippen molar-refractivity contribution in [3.05, 3.63) is 63.1 Å². The SMILES string of the molecule is CCN(CC)c1ccc(C=Nn2c(C)cc(C)c(C(N)=O)c2=O)cc1. The Morgan fingerprint density at radius 3 is 2.32 bits per heavy atom. The third kappa shape index (κ3) is 3.96. The second kappa shape index (κ2) is 7.79. The van der Waals surface area contributed by atoms with Crippen LogP contribution >= 0.6 is 0 Å². The number of benzene rings is 1. The molecule has 132 valence electrons. The summed E-state index contributed by atoms with van der Waals surface area (Å²) in [5.74, 6) is -0.741. The summed E-state index contributed by atoms with van der Waals surface area (Å²) in [6, 6.07) is 9.66. The minimum Gasteiger partial charge on any atom is -0.372 e. The molecule has 1 aromatic carbocycles. The number of amides is 1. The van der Waals surface area contributed by atoms with Crippen molar-refractivity contribution in [3.8, 4) is 0 Å². The third-order valence-electron chi connectivity index (χ3n) is 4.15. The van der Waals surface area contributed by atoms with Gasteiger partial charge in [0.2, 0.25) is 0 Å². The van der Waals surface area contributed by atoms with E-state index in [1.807, 2.05) is 24.3 Å². The van der Waals surface area contributed by atoms with Crippen LogP contribution in [-0.4, -0.2) is 29.9 Å². The van der Waals surface area contributed by atoms with Crippen LogP contribution in [-0.2, 0) is 0 Å². The van der Waals surface area contributed by atoms with Gasteiger partial charge in [-0.3, -0.25) is 9.59 Å². The summed E-state index contributed by atoms with van der Waals surface area (Å²) in [7, 11) is 0. The second-order valence-corrected chi connectivity index (χ2v) is 5.83. The number of nitrogens with zero attached hydrogens (tertiary/aromatic N) is 3. The molecule has 0 saturated heterocycles. The van der Waals surface area contributed by atoms with E-state index < -0.39 is 11.5 Å². The highest BCUT2D eigenvalue weighted by Crippen LogP contribution is 2.14. The lowest BCUT2D eigenvalue weighted by molar-refractivity contribution is 0.0997. The number of carbonyl (C=O) groups excluding carboxylic acids is 1. The fourth-order valence-corrected chi connectivity index (χ4v) is 2.81. The molecule has 0 unspecified atom stereocenters. The highest BCUT2D eigenvalue weighted by Gasteiger charge is 2.14.